The molecule has 0 spiro atoms. The molecule has 1 aromatic heterocycles. The van der Waals surface area contributed by atoms with Gasteiger partial charge in [-0.15, -0.1) is 0 Å². The molecule has 1 amide bonds. The van der Waals surface area contributed by atoms with Crippen LogP contribution < -0.4 is 10.6 Å². The largest absolute Gasteiger partial charge is 0.372 e. The molecule has 7 heteroatoms. The van der Waals surface area contributed by atoms with Crippen LogP contribution in [0.1, 0.15) is 29.0 Å². The first-order valence-electron chi connectivity index (χ1n) is 6.27. The van der Waals surface area contributed by atoms with Crippen molar-refractivity contribution in [1.82, 2.24) is 15.3 Å². The molecule has 0 saturated carbocycles. The molecule has 0 saturated heterocycles. The van der Waals surface area contributed by atoms with Crippen molar-refractivity contribution in [3.05, 3.63) is 51.9 Å². The number of anilines is 1. The van der Waals surface area contributed by atoms with E-state index in [0.717, 1.165) is 5.56 Å². The molecule has 0 bridgehead atoms. The van der Waals surface area contributed by atoms with E-state index < -0.39 is 0 Å². The smallest absolute Gasteiger partial charge is 0.272 e. The second-order valence-electron chi connectivity index (χ2n) is 4.40. The Morgan fingerprint density at radius 3 is 2.71 bits per heavy atom. The summed E-state index contributed by atoms with van der Waals surface area (Å²) < 4.78 is 0. The van der Waals surface area contributed by atoms with E-state index in [1.54, 1.807) is 25.2 Å². The predicted molar refractivity (Wildman–Crippen MR) is 83.9 cm³/mol. The molecule has 1 aromatic carbocycles. The average Bonchev–Trinajstić information content (AvgIpc) is 2.47. The molecule has 5 nitrogen and oxygen atoms in total. The van der Waals surface area contributed by atoms with Crippen molar-refractivity contribution in [2.45, 2.75) is 13.0 Å². The molecular formula is C14H14Cl2N4O. The number of amides is 1. The van der Waals surface area contributed by atoms with E-state index >= 15 is 0 Å². The molecule has 2 N–H and O–H groups in total. The van der Waals surface area contributed by atoms with Crippen LogP contribution in [0.15, 0.2) is 30.6 Å². The van der Waals surface area contributed by atoms with E-state index in [2.05, 4.69) is 20.6 Å². The van der Waals surface area contributed by atoms with Crippen molar-refractivity contribution in [1.29, 1.82) is 0 Å². The number of benzene rings is 1. The van der Waals surface area contributed by atoms with Crippen molar-refractivity contribution in [2.75, 3.05) is 12.4 Å². The Kier molecular flexibility index (Phi) is 4.98. The monoisotopic (exact) mass is 324 g/mol. The number of nitrogens with zero attached hydrogens (tertiary/aromatic N) is 2. The molecule has 0 aliphatic heterocycles. The van der Waals surface area contributed by atoms with Gasteiger partial charge in [0.15, 0.2) is 0 Å². The lowest BCUT2D eigenvalue weighted by Gasteiger charge is -2.15. The van der Waals surface area contributed by atoms with E-state index in [1.807, 2.05) is 6.92 Å². The summed E-state index contributed by atoms with van der Waals surface area (Å²) in [6, 6.07) is 4.88. The number of carbonyl (C=O) groups is 1. The van der Waals surface area contributed by atoms with Crippen LogP contribution in [0.4, 0.5) is 5.82 Å². The van der Waals surface area contributed by atoms with Crippen LogP contribution in [0.25, 0.3) is 0 Å². The van der Waals surface area contributed by atoms with Crippen molar-refractivity contribution in [3.8, 4) is 0 Å². The Hall–Kier alpha value is -1.85. The predicted octanol–water partition coefficient (Wildman–Crippen LogP) is 3.32. The molecule has 0 fully saturated rings. The van der Waals surface area contributed by atoms with Crippen LogP contribution in [0.3, 0.4) is 0 Å². The van der Waals surface area contributed by atoms with Crippen molar-refractivity contribution < 1.29 is 4.79 Å². The Labute approximate surface area is 132 Å². The number of nitrogens with one attached hydrogen (secondary N) is 2. The maximum atomic E-state index is 12.2. The molecule has 2 rings (SSSR count). The topological polar surface area (TPSA) is 66.9 Å². The highest BCUT2D eigenvalue weighted by molar-refractivity contribution is 6.35. The van der Waals surface area contributed by atoms with Crippen LogP contribution in [-0.4, -0.2) is 22.9 Å². The summed E-state index contributed by atoms with van der Waals surface area (Å²) in [6.45, 7) is 1.84. The highest BCUT2D eigenvalue weighted by Gasteiger charge is 2.15. The van der Waals surface area contributed by atoms with Crippen molar-refractivity contribution >= 4 is 34.9 Å². The SMILES string of the molecule is CNc1cncc(C(=O)NC(C)c2ccc(Cl)cc2Cl)n1. The fourth-order valence-corrected chi connectivity index (χ4v) is 2.37. The van der Waals surface area contributed by atoms with Gasteiger partial charge in [-0.2, -0.15) is 0 Å². The summed E-state index contributed by atoms with van der Waals surface area (Å²) in [5.41, 5.74) is 1.02. The van der Waals surface area contributed by atoms with Crippen LogP contribution in [-0.2, 0) is 0 Å². The molecule has 0 radical (unpaired) electrons. The molecule has 110 valence electrons. The molecule has 1 atom stereocenters. The number of hydrogen-bond donors (Lipinski definition) is 2. The Morgan fingerprint density at radius 1 is 1.29 bits per heavy atom. The van der Waals surface area contributed by atoms with Gasteiger partial charge in [0.2, 0.25) is 0 Å². The zero-order valence-electron chi connectivity index (χ0n) is 11.5. The third-order valence-corrected chi connectivity index (χ3v) is 3.46. The normalized spacial score (nSPS) is 11.8. The highest BCUT2D eigenvalue weighted by atomic mass is 35.5. The lowest BCUT2D eigenvalue weighted by Crippen LogP contribution is -2.27. The van der Waals surface area contributed by atoms with Gasteiger partial charge < -0.3 is 10.6 Å². The van der Waals surface area contributed by atoms with Gasteiger partial charge in [0.05, 0.1) is 18.4 Å². The summed E-state index contributed by atoms with van der Waals surface area (Å²) in [7, 11) is 1.71. The van der Waals surface area contributed by atoms with Gasteiger partial charge >= 0.3 is 0 Å². The summed E-state index contributed by atoms with van der Waals surface area (Å²) in [4.78, 5) is 20.3. The Morgan fingerprint density at radius 2 is 2.05 bits per heavy atom. The third kappa shape index (κ3) is 3.83. The number of rotatable bonds is 4. The molecule has 0 aliphatic rings. The van der Waals surface area contributed by atoms with Gasteiger partial charge in [-0.1, -0.05) is 29.3 Å². The van der Waals surface area contributed by atoms with E-state index in [-0.39, 0.29) is 17.6 Å². The lowest BCUT2D eigenvalue weighted by atomic mass is 10.1. The fourth-order valence-electron chi connectivity index (χ4n) is 1.80. The lowest BCUT2D eigenvalue weighted by molar-refractivity contribution is 0.0934. The van der Waals surface area contributed by atoms with Crippen LogP contribution in [0.2, 0.25) is 10.0 Å². The number of carbonyl (C=O) groups excluding carboxylic acids is 1. The molecule has 21 heavy (non-hydrogen) atoms. The average molecular weight is 325 g/mol. The van der Waals surface area contributed by atoms with Gasteiger partial charge in [0.1, 0.15) is 11.5 Å². The number of aromatic nitrogens is 2. The maximum absolute atomic E-state index is 12.2. The number of halogens is 2. The zero-order valence-corrected chi connectivity index (χ0v) is 13.0. The Bertz CT molecular complexity index is 663. The van der Waals surface area contributed by atoms with Gasteiger partial charge in [0, 0.05) is 17.1 Å². The van der Waals surface area contributed by atoms with E-state index in [9.17, 15) is 4.79 Å². The summed E-state index contributed by atoms with van der Waals surface area (Å²) >= 11 is 12.0. The van der Waals surface area contributed by atoms with Crippen molar-refractivity contribution in [2.24, 2.45) is 0 Å². The zero-order chi connectivity index (χ0) is 15.4. The van der Waals surface area contributed by atoms with Crippen molar-refractivity contribution in [3.63, 3.8) is 0 Å². The van der Waals surface area contributed by atoms with E-state index in [0.29, 0.717) is 15.9 Å². The molecule has 2 aromatic rings. The highest BCUT2D eigenvalue weighted by Crippen LogP contribution is 2.26. The van der Waals surface area contributed by atoms with Gasteiger partial charge in [0.25, 0.3) is 5.91 Å². The minimum Gasteiger partial charge on any atom is -0.372 e. The second-order valence-corrected chi connectivity index (χ2v) is 5.24. The standard InChI is InChI=1S/C14H14Cl2N4O/c1-8(10-4-3-9(15)5-11(10)16)19-14(21)12-6-18-7-13(17-2)20-12/h3-8H,1-2H3,(H,17,20)(H,19,21). The first-order valence-corrected chi connectivity index (χ1v) is 7.02. The first-order chi connectivity index (χ1) is 10.0. The first kappa shape index (κ1) is 15.5. The maximum Gasteiger partial charge on any atom is 0.272 e. The molecule has 1 unspecified atom stereocenters. The van der Waals surface area contributed by atoms with Crippen LogP contribution in [0.5, 0.6) is 0 Å². The third-order valence-electron chi connectivity index (χ3n) is 2.90. The molecular weight excluding hydrogens is 311 g/mol. The van der Waals surface area contributed by atoms with Gasteiger partial charge in [-0.25, -0.2) is 4.98 Å². The van der Waals surface area contributed by atoms with Crippen LogP contribution >= 0.6 is 23.2 Å². The fraction of sp³-hybridized carbons (Fsp3) is 0.214. The minimum atomic E-state index is -0.321. The van der Waals surface area contributed by atoms with Gasteiger partial charge in [-0.05, 0) is 24.6 Å². The molecule has 1 heterocycles. The summed E-state index contributed by atoms with van der Waals surface area (Å²) in [5, 5.41) is 6.72. The molecule has 0 aliphatic carbocycles. The minimum absolute atomic E-state index is 0.235. The second kappa shape index (κ2) is 6.74. The number of hydrogen-bond acceptors (Lipinski definition) is 4. The van der Waals surface area contributed by atoms with E-state index in [1.165, 1.54) is 12.4 Å². The Balaban J connectivity index is 2.14. The summed E-state index contributed by atoms with van der Waals surface area (Å²) in [6.07, 6.45) is 2.95. The van der Waals surface area contributed by atoms with Crippen LogP contribution in [0, 0.1) is 0 Å². The van der Waals surface area contributed by atoms with Gasteiger partial charge in [-0.3, -0.25) is 9.78 Å². The quantitative estimate of drug-likeness (QED) is 0.905. The van der Waals surface area contributed by atoms with E-state index in [4.69, 9.17) is 23.2 Å². The summed E-state index contributed by atoms with van der Waals surface area (Å²) in [5.74, 6) is 0.206.